The molecular weight excluding hydrogens is 246 g/mol. The van der Waals surface area contributed by atoms with Crippen molar-refractivity contribution in [1.82, 2.24) is 4.90 Å². The second-order valence-electron chi connectivity index (χ2n) is 8.76. The summed E-state index contributed by atoms with van der Waals surface area (Å²) in [5.41, 5.74) is 0.356. The zero-order valence-corrected chi connectivity index (χ0v) is 14.2. The number of amides is 1. The van der Waals surface area contributed by atoms with Crippen molar-refractivity contribution in [1.29, 1.82) is 0 Å². The Kier molecular flexibility index (Phi) is 4.51. The van der Waals surface area contributed by atoms with E-state index in [9.17, 15) is 4.79 Å². The molecule has 2 rings (SSSR count). The zero-order valence-electron chi connectivity index (χ0n) is 14.2. The lowest BCUT2D eigenvalue weighted by Crippen LogP contribution is -2.47. The van der Waals surface area contributed by atoms with Gasteiger partial charge in [-0.05, 0) is 55.8 Å². The maximum absolute atomic E-state index is 12.9. The van der Waals surface area contributed by atoms with Gasteiger partial charge in [0.2, 0.25) is 5.91 Å². The molecule has 20 heavy (non-hydrogen) atoms. The summed E-state index contributed by atoms with van der Waals surface area (Å²) in [5.74, 6) is 1.97. The van der Waals surface area contributed by atoms with E-state index in [2.05, 4.69) is 39.5 Å². The Labute approximate surface area is 125 Å². The summed E-state index contributed by atoms with van der Waals surface area (Å²) in [4.78, 5) is 15.0. The summed E-state index contributed by atoms with van der Waals surface area (Å²) < 4.78 is 0. The van der Waals surface area contributed by atoms with Crippen molar-refractivity contribution in [3.63, 3.8) is 0 Å². The largest absolute Gasteiger partial charge is 0.342 e. The van der Waals surface area contributed by atoms with Crippen LogP contribution in [0, 0.1) is 22.7 Å². The molecule has 1 saturated heterocycles. The third-order valence-corrected chi connectivity index (χ3v) is 5.57. The molecule has 2 atom stereocenters. The lowest BCUT2D eigenvalue weighted by Gasteiger charge is -2.40. The molecule has 2 nitrogen and oxygen atoms in total. The van der Waals surface area contributed by atoms with Crippen molar-refractivity contribution >= 4 is 5.91 Å². The van der Waals surface area contributed by atoms with Crippen LogP contribution in [0.1, 0.15) is 73.1 Å². The molecule has 2 fully saturated rings. The van der Waals surface area contributed by atoms with Gasteiger partial charge < -0.3 is 4.90 Å². The van der Waals surface area contributed by atoms with E-state index in [1.807, 2.05) is 0 Å². The molecule has 1 heterocycles. The van der Waals surface area contributed by atoms with E-state index in [0.29, 0.717) is 11.3 Å². The van der Waals surface area contributed by atoms with Crippen molar-refractivity contribution in [2.24, 2.45) is 22.7 Å². The highest BCUT2D eigenvalue weighted by atomic mass is 16.2. The molecule has 1 saturated carbocycles. The lowest BCUT2D eigenvalue weighted by atomic mass is 9.80. The van der Waals surface area contributed by atoms with E-state index in [1.54, 1.807) is 0 Å². The predicted molar refractivity (Wildman–Crippen MR) is 84.5 cm³/mol. The summed E-state index contributed by atoms with van der Waals surface area (Å²) in [5, 5.41) is 0. The Hall–Kier alpha value is -0.530. The maximum atomic E-state index is 12.9. The van der Waals surface area contributed by atoms with E-state index < -0.39 is 0 Å². The van der Waals surface area contributed by atoms with Crippen LogP contribution in [0.4, 0.5) is 0 Å². The third kappa shape index (κ3) is 3.56. The average Bonchev–Trinajstić information content (AvgIpc) is 2.70. The molecule has 1 aliphatic heterocycles. The van der Waals surface area contributed by atoms with Crippen molar-refractivity contribution in [2.75, 3.05) is 13.1 Å². The molecule has 2 aliphatic rings. The Bertz CT molecular complexity index is 350. The van der Waals surface area contributed by atoms with Crippen LogP contribution in [0.25, 0.3) is 0 Å². The average molecular weight is 279 g/mol. The van der Waals surface area contributed by atoms with Gasteiger partial charge in [0.05, 0.1) is 0 Å². The molecule has 0 aromatic heterocycles. The Morgan fingerprint density at radius 2 is 1.75 bits per heavy atom. The first kappa shape index (κ1) is 15.9. The van der Waals surface area contributed by atoms with E-state index >= 15 is 0 Å². The number of nitrogens with zero attached hydrogens (tertiary/aromatic N) is 1. The predicted octanol–water partition coefficient (Wildman–Crippen LogP) is 4.49. The van der Waals surface area contributed by atoms with Crippen LogP contribution < -0.4 is 0 Å². The van der Waals surface area contributed by atoms with Gasteiger partial charge in [0.15, 0.2) is 0 Å². The molecule has 0 aromatic carbocycles. The fourth-order valence-electron chi connectivity index (χ4n) is 4.12. The van der Waals surface area contributed by atoms with Gasteiger partial charge in [-0.2, -0.15) is 0 Å². The van der Waals surface area contributed by atoms with Gasteiger partial charge in [-0.3, -0.25) is 4.79 Å². The molecule has 0 spiro atoms. The Balaban J connectivity index is 1.92. The number of hydrogen-bond acceptors (Lipinski definition) is 1. The van der Waals surface area contributed by atoms with Crippen molar-refractivity contribution < 1.29 is 4.79 Å². The molecule has 1 amide bonds. The molecule has 1 aliphatic carbocycles. The Morgan fingerprint density at radius 1 is 1.15 bits per heavy atom. The summed E-state index contributed by atoms with van der Waals surface area (Å²) in [6, 6.07) is 0. The third-order valence-electron chi connectivity index (χ3n) is 5.57. The lowest BCUT2D eigenvalue weighted by molar-refractivity contribution is -0.143. The molecule has 0 bridgehead atoms. The number of carbonyl (C=O) groups is 1. The fraction of sp³-hybridized carbons (Fsp3) is 0.944. The highest BCUT2D eigenvalue weighted by molar-refractivity contribution is 5.82. The monoisotopic (exact) mass is 279 g/mol. The van der Waals surface area contributed by atoms with Crippen LogP contribution in [0.2, 0.25) is 0 Å². The van der Waals surface area contributed by atoms with Gasteiger partial charge in [0, 0.05) is 18.5 Å². The van der Waals surface area contributed by atoms with Gasteiger partial charge in [0.1, 0.15) is 0 Å². The summed E-state index contributed by atoms with van der Waals surface area (Å²) in [7, 11) is 0. The highest BCUT2D eigenvalue weighted by Crippen LogP contribution is 2.45. The van der Waals surface area contributed by atoms with Crippen LogP contribution in [-0.4, -0.2) is 23.9 Å². The second-order valence-corrected chi connectivity index (χ2v) is 8.76. The van der Waals surface area contributed by atoms with Crippen LogP contribution in [0.3, 0.4) is 0 Å². The molecule has 0 N–H and O–H groups in total. The van der Waals surface area contributed by atoms with Gasteiger partial charge in [-0.1, -0.05) is 34.6 Å². The standard InChI is InChI=1S/C18H33NO/c1-14(2)12-15-6-7-18(5,13-15)16(20)19-10-8-17(3,4)9-11-19/h14-15H,6-13H2,1-5H3. The van der Waals surface area contributed by atoms with E-state index in [-0.39, 0.29) is 5.41 Å². The van der Waals surface area contributed by atoms with Gasteiger partial charge >= 0.3 is 0 Å². The molecule has 2 unspecified atom stereocenters. The first-order valence-electron chi connectivity index (χ1n) is 8.51. The number of carbonyl (C=O) groups excluding carboxylic acids is 1. The van der Waals surface area contributed by atoms with Crippen molar-refractivity contribution in [3.8, 4) is 0 Å². The smallest absolute Gasteiger partial charge is 0.228 e. The molecule has 2 heteroatoms. The highest BCUT2D eigenvalue weighted by Gasteiger charge is 2.44. The number of piperidine rings is 1. The minimum Gasteiger partial charge on any atom is -0.342 e. The number of hydrogen-bond donors (Lipinski definition) is 0. The number of likely N-dealkylation sites (tertiary alicyclic amines) is 1. The molecule has 116 valence electrons. The molecule has 0 radical (unpaired) electrons. The number of rotatable bonds is 3. The van der Waals surface area contributed by atoms with Crippen LogP contribution in [0.15, 0.2) is 0 Å². The van der Waals surface area contributed by atoms with Crippen molar-refractivity contribution in [3.05, 3.63) is 0 Å². The molecular formula is C18H33NO. The minimum atomic E-state index is -0.0684. The summed E-state index contributed by atoms with van der Waals surface area (Å²) in [6.45, 7) is 13.4. The fourth-order valence-corrected chi connectivity index (χ4v) is 4.12. The zero-order chi connectivity index (χ0) is 15.0. The molecule has 0 aromatic rings. The normalized spacial score (nSPS) is 33.7. The van der Waals surface area contributed by atoms with Crippen LogP contribution in [-0.2, 0) is 4.79 Å². The van der Waals surface area contributed by atoms with E-state index in [1.165, 1.54) is 12.8 Å². The van der Waals surface area contributed by atoms with Gasteiger partial charge in [0.25, 0.3) is 0 Å². The minimum absolute atomic E-state index is 0.0684. The summed E-state index contributed by atoms with van der Waals surface area (Å²) >= 11 is 0. The first-order chi connectivity index (χ1) is 9.22. The van der Waals surface area contributed by atoms with E-state index in [4.69, 9.17) is 0 Å². The van der Waals surface area contributed by atoms with Crippen molar-refractivity contribution in [2.45, 2.75) is 73.1 Å². The topological polar surface area (TPSA) is 20.3 Å². The second kappa shape index (κ2) is 5.69. The quantitative estimate of drug-likeness (QED) is 0.745. The van der Waals surface area contributed by atoms with Crippen LogP contribution >= 0.6 is 0 Å². The maximum Gasteiger partial charge on any atom is 0.228 e. The van der Waals surface area contributed by atoms with Gasteiger partial charge in [-0.25, -0.2) is 0 Å². The van der Waals surface area contributed by atoms with Gasteiger partial charge in [-0.15, -0.1) is 0 Å². The SMILES string of the molecule is CC(C)CC1CCC(C)(C(=O)N2CCC(C)(C)CC2)C1. The first-order valence-corrected chi connectivity index (χ1v) is 8.51. The summed E-state index contributed by atoms with van der Waals surface area (Å²) in [6.07, 6.45) is 7.07. The Morgan fingerprint density at radius 3 is 2.30 bits per heavy atom. The van der Waals surface area contributed by atoms with Crippen LogP contribution in [0.5, 0.6) is 0 Å². The van der Waals surface area contributed by atoms with E-state index in [0.717, 1.165) is 50.6 Å².